The van der Waals surface area contributed by atoms with E-state index in [1.807, 2.05) is 12.1 Å². The average molecular weight is 299 g/mol. The van der Waals surface area contributed by atoms with Crippen LogP contribution in [0.15, 0.2) is 18.2 Å². The van der Waals surface area contributed by atoms with Crippen molar-refractivity contribution in [3.8, 4) is 0 Å². The predicted octanol–water partition coefficient (Wildman–Crippen LogP) is 3.99. The van der Waals surface area contributed by atoms with Crippen LogP contribution in [0.2, 0.25) is 10.0 Å². The Morgan fingerprint density at radius 2 is 2.11 bits per heavy atom. The van der Waals surface area contributed by atoms with Crippen LogP contribution in [0.5, 0.6) is 0 Å². The Balaban J connectivity index is 1.95. The van der Waals surface area contributed by atoms with E-state index in [9.17, 15) is 0 Å². The number of fused-ring (bicyclic) bond motifs is 1. The van der Waals surface area contributed by atoms with Gasteiger partial charge in [0, 0.05) is 14.9 Å². The lowest BCUT2D eigenvalue weighted by Gasteiger charge is -2.11. The Kier molecular flexibility index (Phi) is 3.32. The largest absolute Gasteiger partial charge is 0.318 e. The van der Waals surface area contributed by atoms with Gasteiger partial charge in [0.15, 0.2) is 0 Å². The summed E-state index contributed by atoms with van der Waals surface area (Å²) in [6.45, 7) is 0. The van der Waals surface area contributed by atoms with Crippen molar-refractivity contribution >= 4 is 34.5 Å². The lowest BCUT2D eigenvalue weighted by atomic mass is 10.1. The minimum Gasteiger partial charge on any atom is -0.318 e. The molecule has 0 fully saturated rings. The maximum atomic E-state index is 6.25. The fourth-order valence-electron chi connectivity index (χ4n) is 2.23. The first kappa shape index (κ1) is 12.4. The van der Waals surface area contributed by atoms with Gasteiger partial charge < -0.3 is 5.73 Å². The highest BCUT2D eigenvalue weighted by molar-refractivity contribution is 7.11. The first-order chi connectivity index (χ1) is 8.65. The van der Waals surface area contributed by atoms with Gasteiger partial charge in [-0.25, -0.2) is 4.98 Å². The molecule has 0 amide bonds. The molecule has 2 aromatic rings. The summed E-state index contributed by atoms with van der Waals surface area (Å²) in [6, 6.07) is 5.15. The number of nitrogens with zero attached hydrogens (tertiary/aromatic N) is 1. The summed E-state index contributed by atoms with van der Waals surface area (Å²) in [7, 11) is 0. The van der Waals surface area contributed by atoms with E-state index in [0.29, 0.717) is 10.0 Å². The molecule has 0 radical (unpaired) electrons. The van der Waals surface area contributed by atoms with Crippen LogP contribution < -0.4 is 5.73 Å². The van der Waals surface area contributed by atoms with Crippen LogP contribution in [0.4, 0.5) is 0 Å². The van der Waals surface area contributed by atoms with Crippen LogP contribution in [-0.4, -0.2) is 4.98 Å². The summed E-state index contributed by atoms with van der Waals surface area (Å²) in [5.41, 5.74) is 8.35. The van der Waals surface area contributed by atoms with Gasteiger partial charge in [0.1, 0.15) is 5.01 Å². The number of benzene rings is 1. The number of aromatic nitrogens is 1. The molecule has 1 heterocycles. The highest BCUT2D eigenvalue weighted by Gasteiger charge is 2.22. The molecule has 1 aromatic carbocycles. The molecule has 0 saturated heterocycles. The Labute approximate surface area is 120 Å². The summed E-state index contributed by atoms with van der Waals surface area (Å²) in [5.74, 6) is 0. The molecule has 3 rings (SSSR count). The predicted molar refractivity (Wildman–Crippen MR) is 76.6 cm³/mol. The summed E-state index contributed by atoms with van der Waals surface area (Å²) in [6.07, 6.45) is 3.42. The lowest BCUT2D eigenvalue weighted by molar-refractivity contribution is 0.834. The molecule has 1 aliphatic carbocycles. The second kappa shape index (κ2) is 4.82. The van der Waals surface area contributed by atoms with E-state index in [1.54, 1.807) is 17.4 Å². The molecular weight excluding hydrogens is 287 g/mol. The number of aryl methyl sites for hydroxylation is 2. The van der Waals surface area contributed by atoms with Gasteiger partial charge in [-0.05, 0) is 37.0 Å². The molecule has 0 aliphatic heterocycles. The van der Waals surface area contributed by atoms with Crippen molar-refractivity contribution in [2.24, 2.45) is 5.73 Å². The average Bonchev–Trinajstić information content (AvgIpc) is 2.87. The molecule has 5 heteroatoms. The third-order valence-corrected chi connectivity index (χ3v) is 4.98. The van der Waals surface area contributed by atoms with Crippen molar-refractivity contribution in [2.75, 3.05) is 0 Å². The van der Waals surface area contributed by atoms with Crippen molar-refractivity contribution in [2.45, 2.75) is 25.3 Å². The van der Waals surface area contributed by atoms with Gasteiger partial charge >= 0.3 is 0 Å². The zero-order valence-electron chi connectivity index (χ0n) is 9.62. The van der Waals surface area contributed by atoms with Crippen LogP contribution >= 0.6 is 34.5 Å². The summed E-state index contributed by atoms with van der Waals surface area (Å²) < 4.78 is 0. The van der Waals surface area contributed by atoms with E-state index in [4.69, 9.17) is 28.9 Å². The molecule has 0 bridgehead atoms. The maximum Gasteiger partial charge on any atom is 0.114 e. The van der Waals surface area contributed by atoms with Gasteiger partial charge in [-0.15, -0.1) is 11.3 Å². The quantitative estimate of drug-likeness (QED) is 0.910. The number of thiazole rings is 1. The van der Waals surface area contributed by atoms with Gasteiger partial charge in [0.05, 0.1) is 11.7 Å². The standard InChI is InChI=1S/C13H12Cl2N2S/c14-7-4-5-8(9(15)6-7)12(16)13-17-10-2-1-3-11(10)18-13/h4-6,12H,1-3,16H2. The highest BCUT2D eigenvalue weighted by Crippen LogP contribution is 2.34. The zero-order valence-corrected chi connectivity index (χ0v) is 11.9. The van der Waals surface area contributed by atoms with Crippen molar-refractivity contribution in [1.29, 1.82) is 0 Å². The van der Waals surface area contributed by atoms with Crippen LogP contribution in [0, 0.1) is 0 Å². The molecule has 1 aromatic heterocycles. The van der Waals surface area contributed by atoms with Gasteiger partial charge in [0.2, 0.25) is 0 Å². The lowest BCUT2D eigenvalue weighted by Crippen LogP contribution is -2.12. The van der Waals surface area contributed by atoms with Crippen LogP contribution in [0.1, 0.15) is 33.6 Å². The summed E-state index contributed by atoms with van der Waals surface area (Å²) in [5, 5.41) is 2.17. The molecule has 18 heavy (non-hydrogen) atoms. The molecule has 94 valence electrons. The van der Waals surface area contributed by atoms with Crippen LogP contribution in [-0.2, 0) is 12.8 Å². The Bertz CT molecular complexity index is 573. The van der Waals surface area contributed by atoms with Gasteiger partial charge in [-0.2, -0.15) is 0 Å². The number of hydrogen-bond acceptors (Lipinski definition) is 3. The number of hydrogen-bond donors (Lipinski definition) is 1. The van der Waals surface area contributed by atoms with Crippen LogP contribution in [0.25, 0.3) is 0 Å². The van der Waals surface area contributed by atoms with E-state index in [0.717, 1.165) is 23.4 Å². The maximum absolute atomic E-state index is 6.25. The summed E-state index contributed by atoms with van der Waals surface area (Å²) in [4.78, 5) is 6.01. The number of nitrogens with two attached hydrogens (primary N) is 1. The molecule has 0 spiro atoms. The fourth-order valence-corrected chi connectivity index (χ4v) is 3.93. The topological polar surface area (TPSA) is 38.9 Å². The van der Waals surface area contributed by atoms with E-state index < -0.39 is 0 Å². The third-order valence-electron chi connectivity index (χ3n) is 3.18. The van der Waals surface area contributed by atoms with Crippen LogP contribution in [0.3, 0.4) is 0 Å². The SMILES string of the molecule is NC(c1nc2c(s1)CCC2)c1ccc(Cl)cc1Cl. The Morgan fingerprint density at radius 3 is 2.83 bits per heavy atom. The van der Waals surface area contributed by atoms with Crippen molar-refractivity contribution in [1.82, 2.24) is 4.98 Å². The molecule has 1 aliphatic rings. The molecule has 2 N–H and O–H groups in total. The molecular formula is C13H12Cl2N2S. The second-order valence-corrected chi connectivity index (χ2v) is 6.38. The Morgan fingerprint density at radius 1 is 1.28 bits per heavy atom. The van der Waals surface area contributed by atoms with Gasteiger partial charge in [-0.1, -0.05) is 29.3 Å². The normalized spacial score (nSPS) is 15.7. The van der Waals surface area contributed by atoms with E-state index >= 15 is 0 Å². The third kappa shape index (κ3) is 2.16. The van der Waals surface area contributed by atoms with E-state index in [-0.39, 0.29) is 6.04 Å². The van der Waals surface area contributed by atoms with Gasteiger partial charge in [0.25, 0.3) is 0 Å². The van der Waals surface area contributed by atoms with Crippen molar-refractivity contribution in [3.05, 3.63) is 49.4 Å². The van der Waals surface area contributed by atoms with E-state index in [2.05, 4.69) is 4.98 Å². The minimum absolute atomic E-state index is 0.259. The molecule has 0 saturated carbocycles. The monoisotopic (exact) mass is 298 g/mol. The smallest absolute Gasteiger partial charge is 0.114 e. The van der Waals surface area contributed by atoms with Gasteiger partial charge in [-0.3, -0.25) is 0 Å². The Hall–Kier alpha value is -0.610. The first-order valence-corrected chi connectivity index (χ1v) is 7.41. The van der Waals surface area contributed by atoms with Crippen molar-refractivity contribution < 1.29 is 0 Å². The highest BCUT2D eigenvalue weighted by atomic mass is 35.5. The fraction of sp³-hybridized carbons (Fsp3) is 0.308. The zero-order chi connectivity index (χ0) is 12.7. The molecule has 2 nitrogen and oxygen atoms in total. The second-order valence-electron chi connectivity index (χ2n) is 4.42. The summed E-state index contributed by atoms with van der Waals surface area (Å²) >= 11 is 13.8. The number of halogens is 2. The molecule has 1 unspecified atom stereocenters. The first-order valence-electron chi connectivity index (χ1n) is 5.84. The molecule has 1 atom stereocenters. The minimum atomic E-state index is -0.259. The number of rotatable bonds is 2. The van der Waals surface area contributed by atoms with Crippen molar-refractivity contribution in [3.63, 3.8) is 0 Å². The van der Waals surface area contributed by atoms with E-state index in [1.165, 1.54) is 17.0 Å².